The number of aromatic nitrogens is 2. The Morgan fingerprint density at radius 1 is 1.43 bits per heavy atom. The van der Waals surface area contributed by atoms with Crippen molar-refractivity contribution < 1.29 is 9.53 Å². The third kappa shape index (κ3) is 5.75. The zero-order chi connectivity index (χ0) is 15.3. The molecule has 1 aliphatic carbocycles. The summed E-state index contributed by atoms with van der Waals surface area (Å²) in [6, 6.07) is 0.615. The van der Waals surface area contributed by atoms with Gasteiger partial charge in [-0.1, -0.05) is 0 Å². The molecule has 118 valence electrons. The van der Waals surface area contributed by atoms with Crippen LogP contribution in [0.1, 0.15) is 52.0 Å². The van der Waals surface area contributed by atoms with Gasteiger partial charge >= 0.3 is 6.09 Å². The summed E-state index contributed by atoms with van der Waals surface area (Å²) in [6.07, 6.45) is 7.62. The van der Waals surface area contributed by atoms with E-state index in [1.54, 1.807) is 0 Å². The standard InChI is InChI=1S/C15H26N4O2/c1-15(2,3)21-14(20)19-13-6-4-5-12(7-13)16-8-11-9-17-18-10-11/h9-10,12-13,16H,4-8H2,1-3H3,(H,17,18)(H,19,20). The van der Waals surface area contributed by atoms with E-state index in [1.165, 1.54) is 0 Å². The van der Waals surface area contributed by atoms with Gasteiger partial charge in [-0.15, -0.1) is 0 Å². The molecule has 0 aromatic carbocycles. The monoisotopic (exact) mass is 294 g/mol. The van der Waals surface area contributed by atoms with E-state index in [2.05, 4.69) is 20.8 Å². The molecule has 2 unspecified atom stereocenters. The zero-order valence-corrected chi connectivity index (χ0v) is 13.1. The molecule has 0 bridgehead atoms. The number of carbonyl (C=O) groups is 1. The van der Waals surface area contributed by atoms with Crippen molar-refractivity contribution >= 4 is 6.09 Å². The fourth-order valence-corrected chi connectivity index (χ4v) is 2.62. The molecule has 0 saturated heterocycles. The van der Waals surface area contributed by atoms with Gasteiger partial charge < -0.3 is 15.4 Å². The van der Waals surface area contributed by atoms with Crippen molar-refractivity contribution in [1.82, 2.24) is 20.8 Å². The van der Waals surface area contributed by atoms with Gasteiger partial charge in [0.2, 0.25) is 0 Å². The van der Waals surface area contributed by atoms with E-state index < -0.39 is 5.60 Å². The highest BCUT2D eigenvalue weighted by Gasteiger charge is 2.25. The highest BCUT2D eigenvalue weighted by atomic mass is 16.6. The molecule has 6 nitrogen and oxygen atoms in total. The predicted octanol–water partition coefficient (Wildman–Crippen LogP) is 2.34. The van der Waals surface area contributed by atoms with Crippen LogP contribution < -0.4 is 10.6 Å². The first-order valence-electron chi connectivity index (χ1n) is 7.63. The number of nitrogens with zero attached hydrogens (tertiary/aromatic N) is 1. The molecule has 1 aromatic heterocycles. The van der Waals surface area contributed by atoms with Crippen LogP contribution in [0.3, 0.4) is 0 Å². The molecule has 1 amide bonds. The first-order chi connectivity index (χ1) is 9.92. The van der Waals surface area contributed by atoms with Crippen molar-refractivity contribution in [3.8, 4) is 0 Å². The maximum absolute atomic E-state index is 11.8. The fraction of sp³-hybridized carbons (Fsp3) is 0.733. The Balaban J connectivity index is 1.74. The Morgan fingerprint density at radius 3 is 2.86 bits per heavy atom. The highest BCUT2D eigenvalue weighted by Crippen LogP contribution is 2.19. The molecule has 1 aliphatic rings. The SMILES string of the molecule is CC(C)(C)OC(=O)NC1CCCC(NCc2cn[nH]c2)C1. The second-order valence-electron chi connectivity index (χ2n) is 6.69. The summed E-state index contributed by atoms with van der Waals surface area (Å²) in [7, 11) is 0. The Bertz CT molecular complexity index is 439. The van der Waals surface area contributed by atoms with Crippen molar-refractivity contribution in [2.24, 2.45) is 0 Å². The molecule has 6 heteroatoms. The lowest BCUT2D eigenvalue weighted by Gasteiger charge is -2.31. The molecule has 0 spiro atoms. The van der Waals surface area contributed by atoms with E-state index in [9.17, 15) is 4.79 Å². The molecule has 3 N–H and O–H groups in total. The molecular weight excluding hydrogens is 268 g/mol. The number of hydrogen-bond acceptors (Lipinski definition) is 4. The quantitative estimate of drug-likeness (QED) is 0.796. The van der Waals surface area contributed by atoms with Gasteiger partial charge in [0.1, 0.15) is 5.60 Å². The second kappa shape index (κ2) is 6.93. The van der Waals surface area contributed by atoms with Gasteiger partial charge in [-0.3, -0.25) is 5.10 Å². The first-order valence-corrected chi connectivity index (χ1v) is 7.63. The van der Waals surface area contributed by atoms with E-state index in [0.717, 1.165) is 37.8 Å². The van der Waals surface area contributed by atoms with Crippen molar-refractivity contribution in [2.75, 3.05) is 0 Å². The minimum atomic E-state index is -0.447. The Hall–Kier alpha value is -1.56. The number of alkyl carbamates (subject to hydrolysis) is 1. The molecule has 21 heavy (non-hydrogen) atoms. The largest absolute Gasteiger partial charge is 0.444 e. The average Bonchev–Trinajstić information content (AvgIpc) is 2.87. The van der Waals surface area contributed by atoms with Gasteiger partial charge in [-0.2, -0.15) is 5.10 Å². The Kier molecular flexibility index (Phi) is 5.22. The van der Waals surface area contributed by atoms with Crippen molar-refractivity contribution in [1.29, 1.82) is 0 Å². The van der Waals surface area contributed by atoms with Crippen LogP contribution >= 0.6 is 0 Å². The molecule has 0 aliphatic heterocycles. The molecule has 2 rings (SSSR count). The summed E-state index contributed by atoms with van der Waals surface area (Å²) in [5, 5.41) is 13.2. The van der Waals surface area contributed by atoms with Crippen LogP contribution in [0.4, 0.5) is 4.79 Å². The molecule has 1 aromatic rings. The number of nitrogens with one attached hydrogen (secondary N) is 3. The van der Waals surface area contributed by atoms with Crippen LogP contribution in [-0.4, -0.2) is 34.0 Å². The number of carbonyl (C=O) groups excluding carboxylic acids is 1. The van der Waals surface area contributed by atoms with E-state index >= 15 is 0 Å². The summed E-state index contributed by atoms with van der Waals surface area (Å²) in [6.45, 7) is 6.44. The number of amides is 1. The topological polar surface area (TPSA) is 79.0 Å². The van der Waals surface area contributed by atoms with E-state index in [0.29, 0.717) is 6.04 Å². The number of aromatic amines is 1. The van der Waals surface area contributed by atoms with Gasteiger partial charge in [0.15, 0.2) is 0 Å². The minimum absolute atomic E-state index is 0.190. The smallest absolute Gasteiger partial charge is 0.407 e. The predicted molar refractivity (Wildman–Crippen MR) is 80.8 cm³/mol. The van der Waals surface area contributed by atoms with Gasteiger partial charge in [0.05, 0.1) is 6.20 Å². The maximum Gasteiger partial charge on any atom is 0.407 e. The van der Waals surface area contributed by atoms with Crippen molar-refractivity contribution in [3.63, 3.8) is 0 Å². The third-order valence-corrected chi connectivity index (χ3v) is 3.54. The second-order valence-corrected chi connectivity index (χ2v) is 6.69. The highest BCUT2D eigenvalue weighted by molar-refractivity contribution is 5.68. The van der Waals surface area contributed by atoms with Crippen LogP contribution in [0, 0.1) is 0 Å². The Morgan fingerprint density at radius 2 is 2.19 bits per heavy atom. The lowest BCUT2D eigenvalue weighted by Crippen LogP contribution is -2.45. The number of hydrogen-bond donors (Lipinski definition) is 3. The molecule has 1 fully saturated rings. The van der Waals surface area contributed by atoms with Crippen molar-refractivity contribution in [2.45, 2.75) is 70.7 Å². The van der Waals surface area contributed by atoms with Crippen molar-refractivity contribution in [3.05, 3.63) is 18.0 Å². The number of rotatable bonds is 4. The molecular formula is C15H26N4O2. The third-order valence-electron chi connectivity index (χ3n) is 3.54. The van der Waals surface area contributed by atoms with Crippen LogP contribution in [0.25, 0.3) is 0 Å². The Labute approximate surface area is 126 Å². The summed E-state index contributed by atoms with van der Waals surface area (Å²) >= 11 is 0. The van der Waals surface area contributed by atoms with Gasteiger partial charge in [-0.05, 0) is 46.5 Å². The van der Waals surface area contributed by atoms with E-state index in [1.807, 2.05) is 33.2 Å². The normalized spacial score (nSPS) is 22.8. The summed E-state index contributed by atoms with van der Waals surface area (Å²) in [5.41, 5.74) is 0.703. The van der Waals surface area contributed by atoms with Crippen LogP contribution in [0.15, 0.2) is 12.4 Å². The molecule has 1 saturated carbocycles. The lowest BCUT2D eigenvalue weighted by atomic mass is 9.91. The van der Waals surface area contributed by atoms with Gasteiger partial charge in [0, 0.05) is 30.4 Å². The van der Waals surface area contributed by atoms with E-state index in [4.69, 9.17) is 4.74 Å². The van der Waals surface area contributed by atoms with Crippen LogP contribution in [0.2, 0.25) is 0 Å². The zero-order valence-electron chi connectivity index (χ0n) is 13.1. The molecule has 0 radical (unpaired) electrons. The van der Waals surface area contributed by atoms with Gasteiger partial charge in [0.25, 0.3) is 0 Å². The van der Waals surface area contributed by atoms with Crippen LogP contribution in [-0.2, 0) is 11.3 Å². The summed E-state index contributed by atoms with van der Waals surface area (Å²) < 4.78 is 5.31. The number of ether oxygens (including phenoxy) is 1. The summed E-state index contributed by atoms with van der Waals surface area (Å²) in [5.74, 6) is 0. The average molecular weight is 294 g/mol. The first kappa shape index (κ1) is 15.8. The minimum Gasteiger partial charge on any atom is -0.444 e. The summed E-state index contributed by atoms with van der Waals surface area (Å²) in [4.78, 5) is 11.8. The molecule has 2 atom stereocenters. The fourth-order valence-electron chi connectivity index (χ4n) is 2.62. The number of H-pyrrole nitrogens is 1. The van der Waals surface area contributed by atoms with Gasteiger partial charge in [-0.25, -0.2) is 4.79 Å². The molecule has 1 heterocycles. The van der Waals surface area contributed by atoms with E-state index in [-0.39, 0.29) is 12.1 Å². The maximum atomic E-state index is 11.8. The van der Waals surface area contributed by atoms with Crippen LogP contribution in [0.5, 0.6) is 0 Å². The lowest BCUT2D eigenvalue weighted by molar-refractivity contribution is 0.0488.